The molecule has 1 fully saturated rings. The van der Waals surface area contributed by atoms with Gasteiger partial charge in [0.05, 0.1) is 4.90 Å². The topological polar surface area (TPSA) is 78.5 Å². The van der Waals surface area contributed by atoms with Gasteiger partial charge in [-0.1, -0.05) is 24.6 Å². The first kappa shape index (κ1) is 22.3. The molecule has 1 aliphatic heterocycles. The first-order valence-electron chi connectivity index (χ1n) is 10.4. The number of carbonyl (C=O) groups excluding carboxylic acids is 1. The summed E-state index contributed by atoms with van der Waals surface area (Å²) in [6.45, 7) is 9.93. The predicted molar refractivity (Wildman–Crippen MR) is 122 cm³/mol. The quantitative estimate of drug-likeness (QED) is 0.702. The van der Waals surface area contributed by atoms with Crippen LogP contribution in [0.5, 0.6) is 0 Å². The van der Waals surface area contributed by atoms with E-state index in [1.807, 2.05) is 43.3 Å². The molecule has 6 nitrogen and oxygen atoms in total. The van der Waals surface area contributed by atoms with Crippen molar-refractivity contribution in [1.82, 2.24) is 4.72 Å². The second-order valence-electron chi connectivity index (χ2n) is 8.31. The van der Waals surface area contributed by atoms with Gasteiger partial charge in [-0.2, -0.15) is 0 Å². The summed E-state index contributed by atoms with van der Waals surface area (Å²) < 4.78 is 27.9. The van der Waals surface area contributed by atoms with Gasteiger partial charge in [-0.3, -0.25) is 4.79 Å². The summed E-state index contributed by atoms with van der Waals surface area (Å²) in [6.07, 6.45) is 1.27. The molecule has 1 unspecified atom stereocenters. The maximum Gasteiger partial charge on any atom is 0.241 e. The zero-order valence-electron chi connectivity index (χ0n) is 18.2. The van der Waals surface area contributed by atoms with Crippen LogP contribution < -0.4 is 14.9 Å². The highest BCUT2D eigenvalue weighted by Crippen LogP contribution is 2.25. The Bertz CT molecular complexity index is 993. The van der Waals surface area contributed by atoms with Crippen LogP contribution in [-0.4, -0.2) is 34.0 Å². The van der Waals surface area contributed by atoms with Crippen LogP contribution in [0.1, 0.15) is 36.5 Å². The van der Waals surface area contributed by atoms with E-state index in [9.17, 15) is 13.2 Å². The Labute approximate surface area is 179 Å². The van der Waals surface area contributed by atoms with Crippen molar-refractivity contribution in [3.8, 4) is 0 Å². The van der Waals surface area contributed by atoms with Gasteiger partial charge in [0.1, 0.15) is 0 Å². The third kappa shape index (κ3) is 5.40. The fraction of sp³-hybridized carbons (Fsp3) is 0.435. The Morgan fingerprint density at radius 2 is 1.73 bits per heavy atom. The molecule has 2 aromatic rings. The van der Waals surface area contributed by atoms with E-state index < -0.39 is 10.0 Å². The number of hydrogen-bond acceptors (Lipinski definition) is 4. The van der Waals surface area contributed by atoms with Crippen molar-refractivity contribution in [1.29, 1.82) is 0 Å². The molecule has 30 heavy (non-hydrogen) atoms. The zero-order valence-corrected chi connectivity index (χ0v) is 19.0. The lowest BCUT2D eigenvalue weighted by atomic mass is 10.1. The Morgan fingerprint density at radius 3 is 2.30 bits per heavy atom. The first-order valence-corrected chi connectivity index (χ1v) is 11.9. The predicted octanol–water partition coefficient (Wildman–Crippen LogP) is 3.77. The van der Waals surface area contributed by atoms with Gasteiger partial charge in [-0.05, 0) is 68.5 Å². The van der Waals surface area contributed by atoms with Crippen molar-refractivity contribution in [3.05, 3.63) is 53.1 Å². The molecule has 1 saturated heterocycles. The lowest BCUT2D eigenvalue weighted by Crippen LogP contribution is -2.29. The third-order valence-corrected chi connectivity index (χ3v) is 7.22. The Hall–Kier alpha value is -2.38. The number of hydrogen-bond donors (Lipinski definition) is 2. The van der Waals surface area contributed by atoms with Crippen LogP contribution in [0.3, 0.4) is 0 Å². The number of nitrogens with one attached hydrogen (secondary N) is 2. The average molecular weight is 430 g/mol. The van der Waals surface area contributed by atoms with Crippen LogP contribution >= 0.6 is 0 Å². The van der Waals surface area contributed by atoms with E-state index in [0.29, 0.717) is 27.6 Å². The number of benzene rings is 2. The van der Waals surface area contributed by atoms with Crippen LogP contribution in [0, 0.1) is 26.7 Å². The highest BCUT2D eigenvalue weighted by molar-refractivity contribution is 7.89. The van der Waals surface area contributed by atoms with E-state index in [0.717, 1.165) is 24.3 Å². The van der Waals surface area contributed by atoms with Gasteiger partial charge in [0.25, 0.3) is 0 Å². The second-order valence-corrected chi connectivity index (χ2v) is 10.0. The molecule has 1 amide bonds. The summed E-state index contributed by atoms with van der Waals surface area (Å²) in [5.41, 5.74) is 4.31. The molecule has 0 spiro atoms. The highest BCUT2D eigenvalue weighted by Gasteiger charge is 2.20. The van der Waals surface area contributed by atoms with Gasteiger partial charge in [-0.25, -0.2) is 13.1 Å². The van der Waals surface area contributed by atoms with Gasteiger partial charge >= 0.3 is 0 Å². The standard InChI is InChI=1S/C23H31N3O3S/c1-16-10-12-26(15-16)21-7-5-20(6-8-21)25-22(27)9-11-24-30(28,29)23-18(3)13-17(2)14-19(23)4/h5-8,13-14,16,24H,9-12,15H2,1-4H3,(H,25,27). The summed E-state index contributed by atoms with van der Waals surface area (Å²) in [7, 11) is -3.66. The Kier molecular flexibility index (Phi) is 6.83. The van der Waals surface area contributed by atoms with Gasteiger partial charge in [0, 0.05) is 37.4 Å². The monoisotopic (exact) mass is 429 g/mol. The van der Waals surface area contributed by atoms with Gasteiger partial charge in [0.2, 0.25) is 15.9 Å². The largest absolute Gasteiger partial charge is 0.371 e. The van der Waals surface area contributed by atoms with Crippen molar-refractivity contribution >= 4 is 27.3 Å². The average Bonchev–Trinajstić information content (AvgIpc) is 3.07. The number of carbonyl (C=O) groups is 1. The van der Waals surface area contributed by atoms with Crippen molar-refractivity contribution in [2.75, 3.05) is 29.9 Å². The molecule has 3 rings (SSSR count). The number of anilines is 2. The molecule has 2 N–H and O–H groups in total. The number of sulfonamides is 1. The smallest absolute Gasteiger partial charge is 0.241 e. The lowest BCUT2D eigenvalue weighted by Gasteiger charge is -2.18. The minimum Gasteiger partial charge on any atom is -0.371 e. The van der Waals surface area contributed by atoms with Crippen LogP contribution in [0.4, 0.5) is 11.4 Å². The van der Waals surface area contributed by atoms with E-state index in [1.165, 1.54) is 6.42 Å². The third-order valence-electron chi connectivity index (χ3n) is 5.46. The normalized spacial score (nSPS) is 16.7. The second kappa shape index (κ2) is 9.18. The summed E-state index contributed by atoms with van der Waals surface area (Å²) in [5.74, 6) is 0.484. The summed E-state index contributed by atoms with van der Waals surface area (Å²) >= 11 is 0. The van der Waals surface area contributed by atoms with Crippen molar-refractivity contribution < 1.29 is 13.2 Å². The number of aryl methyl sites for hydroxylation is 3. The summed E-state index contributed by atoms with van der Waals surface area (Å²) in [6, 6.07) is 11.5. The minimum absolute atomic E-state index is 0.0463. The lowest BCUT2D eigenvalue weighted by molar-refractivity contribution is -0.116. The van der Waals surface area contributed by atoms with Crippen molar-refractivity contribution in [3.63, 3.8) is 0 Å². The molecule has 0 radical (unpaired) electrons. The van der Waals surface area contributed by atoms with Crippen LogP contribution in [0.2, 0.25) is 0 Å². The fourth-order valence-corrected chi connectivity index (χ4v) is 5.59. The summed E-state index contributed by atoms with van der Waals surface area (Å²) in [4.78, 5) is 14.9. The number of rotatable bonds is 7. The molecule has 0 aliphatic carbocycles. The molecular formula is C23H31N3O3S. The van der Waals surface area contributed by atoms with E-state index in [4.69, 9.17) is 0 Å². The van der Waals surface area contributed by atoms with E-state index in [-0.39, 0.29) is 18.9 Å². The van der Waals surface area contributed by atoms with Crippen LogP contribution in [-0.2, 0) is 14.8 Å². The van der Waals surface area contributed by atoms with Crippen LogP contribution in [0.15, 0.2) is 41.3 Å². The maximum absolute atomic E-state index is 12.7. The highest BCUT2D eigenvalue weighted by atomic mass is 32.2. The maximum atomic E-state index is 12.7. The van der Waals surface area contributed by atoms with E-state index in [2.05, 4.69) is 21.9 Å². The molecule has 7 heteroatoms. The van der Waals surface area contributed by atoms with Gasteiger partial charge < -0.3 is 10.2 Å². The molecule has 2 aromatic carbocycles. The Balaban J connectivity index is 1.52. The molecule has 0 saturated carbocycles. The fourth-order valence-electron chi connectivity index (χ4n) is 4.11. The SMILES string of the molecule is Cc1cc(C)c(S(=O)(=O)NCCC(=O)Nc2ccc(N3CCC(C)C3)cc2)c(C)c1. The molecular weight excluding hydrogens is 398 g/mol. The van der Waals surface area contributed by atoms with Gasteiger partial charge in [0.15, 0.2) is 0 Å². The molecule has 0 aromatic heterocycles. The molecule has 0 bridgehead atoms. The van der Waals surface area contributed by atoms with Crippen LogP contribution in [0.25, 0.3) is 0 Å². The van der Waals surface area contributed by atoms with E-state index >= 15 is 0 Å². The molecule has 1 atom stereocenters. The zero-order chi connectivity index (χ0) is 21.9. The first-order chi connectivity index (χ1) is 14.2. The van der Waals surface area contributed by atoms with Crippen molar-refractivity contribution in [2.45, 2.75) is 45.4 Å². The van der Waals surface area contributed by atoms with E-state index in [1.54, 1.807) is 13.8 Å². The minimum atomic E-state index is -3.66. The molecule has 1 aliphatic rings. The number of nitrogens with zero attached hydrogens (tertiary/aromatic N) is 1. The summed E-state index contributed by atoms with van der Waals surface area (Å²) in [5, 5.41) is 2.83. The molecule has 162 valence electrons. The number of amides is 1. The van der Waals surface area contributed by atoms with Crippen molar-refractivity contribution in [2.24, 2.45) is 5.92 Å². The molecule has 1 heterocycles. The Morgan fingerprint density at radius 1 is 1.10 bits per heavy atom. The van der Waals surface area contributed by atoms with Gasteiger partial charge in [-0.15, -0.1) is 0 Å².